The number of likely N-dealkylation sites (tertiary alicyclic amines) is 1. The van der Waals surface area contributed by atoms with Crippen LogP contribution in [0.2, 0.25) is 0 Å². The Bertz CT molecular complexity index is 1480. The first kappa shape index (κ1) is 36.0. The summed E-state index contributed by atoms with van der Waals surface area (Å²) in [5.74, 6) is -0.729. The fourth-order valence-corrected chi connectivity index (χ4v) is 6.92. The van der Waals surface area contributed by atoms with E-state index in [0.29, 0.717) is 13.1 Å². The van der Waals surface area contributed by atoms with Crippen LogP contribution in [0.3, 0.4) is 0 Å². The zero-order valence-corrected chi connectivity index (χ0v) is 29.3. The number of hydrogen-bond donors (Lipinski definition) is 1. The largest absolute Gasteiger partial charge is 0.444 e. The number of rotatable bonds is 10. The third-order valence-corrected chi connectivity index (χ3v) is 9.53. The Morgan fingerprint density at radius 1 is 1.11 bits per heavy atom. The van der Waals surface area contributed by atoms with Crippen molar-refractivity contribution in [3.8, 4) is 11.1 Å². The van der Waals surface area contributed by atoms with Gasteiger partial charge >= 0.3 is 6.09 Å². The minimum atomic E-state index is -0.821. The van der Waals surface area contributed by atoms with E-state index >= 15 is 0 Å². The van der Waals surface area contributed by atoms with Crippen LogP contribution in [0.5, 0.6) is 0 Å². The van der Waals surface area contributed by atoms with Crippen LogP contribution in [-0.2, 0) is 20.9 Å². The zero-order valence-electron chi connectivity index (χ0n) is 29.3. The highest BCUT2D eigenvalue weighted by atomic mass is 19.1. The number of nitrogens with zero attached hydrogens (tertiary/aromatic N) is 3. The Morgan fingerprint density at radius 2 is 1.79 bits per heavy atom. The second-order valence-electron chi connectivity index (χ2n) is 14.2. The molecule has 47 heavy (non-hydrogen) atoms. The SMILES string of the molecule is C=Cc1c(/C=C(\C)F)c(-c2ccccc2C)cn1C[C@@H]1CCCN1C(=O)[C@@H](NC(=O)[C@H](C)N(C)C(=O)OC(C)(C)C)C1CCCCC1. The van der Waals surface area contributed by atoms with E-state index in [1.165, 1.54) is 11.8 Å². The topological polar surface area (TPSA) is 83.9 Å². The van der Waals surface area contributed by atoms with Crippen LogP contribution in [0.25, 0.3) is 23.3 Å². The molecule has 1 aromatic carbocycles. The number of amides is 3. The van der Waals surface area contributed by atoms with Gasteiger partial charge in [0.15, 0.2) is 0 Å². The lowest BCUT2D eigenvalue weighted by atomic mass is 9.83. The Morgan fingerprint density at radius 3 is 2.40 bits per heavy atom. The van der Waals surface area contributed by atoms with Crippen molar-refractivity contribution in [3.05, 3.63) is 59.7 Å². The molecule has 1 aliphatic carbocycles. The lowest BCUT2D eigenvalue weighted by molar-refractivity contribution is -0.140. The Hall–Kier alpha value is -3.88. The van der Waals surface area contributed by atoms with Crippen molar-refractivity contribution < 1.29 is 23.5 Å². The molecule has 1 saturated carbocycles. The molecule has 2 aliphatic rings. The molecule has 0 spiro atoms. The molecule has 3 atom stereocenters. The van der Waals surface area contributed by atoms with Gasteiger partial charge in [-0.15, -0.1) is 0 Å². The van der Waals surface area contributed by atoms with Gasteiger partial charge in [0.1, 0.15) is 17.7 Å². The maximum absolute atomic E-state index is 14.5. The van der Waals surface area contributed by atoms with Crippen molar-refractivity contribution in [1.82, 2.24) is 19.7 Å². The highest BCUT2D eigenvalue weighted by molar-refractivity contribution is 5.91. The smallest absolute Gasteiger partial charge is 0.410 e. The van der Waals surface area contributed by atoms with Crippen molar-refractivity contribution in [2.75, 3.05) is 13.6 Å². The summed E-state index contributed by atoms with van der Waals surface area (Å²) in [5, 5.41) is 3.08. The van der Waals surface area contributed by atoms with E-state index in [2.05, 4.69) is 16.5 Å². The molecule has 0 radical (unpaired) electrons. The second kappa shape index (κ2) is 15.3. The number of carbonyl (C=O) groups is 3. The van der Waals surface area contributed by atoms with Crippen molar-refractivity contribution in [2.24, 2.45) is 5.92 Å². The van der Waals surface area contributed by atoms with Crippen molar-refractivity contribution in [3.63, 3.8) is 0 Å². The number of nitrogens with one attached hydrogen (secondary N) is 1. The number of aryl methyl sites for hydroxylation is 1. The summed E-state index contributed by atoms with van der Waals surface area (Å²) in [7, 11) is 1.54. The summed E-state index contributed by atoms with van der Waals surface area (Å²) in [6.45, 7) is 15.7. The van der Waals surface area contributed by atoms with Crippen LogP contribution >= 0.6 is 0 Å². The van der Waals surface area contributed by atoms with Crippen molar-refractivity contribution in [1.29, 1.82) is 0 Å². The first-order chi connectivity index (χ1) is 22.2. The van der Waals surface area contributed by atoms with Crippen LogP contribution < -0.4 is 5.32 Å². The number of benzene rings is 1. The molecule has 2 heterocycles. The summed E-state index contributed by atoms with van der Waals surface area (Å²) >= 11 is 0. The van der Waals surface area contributed by atoms with Gasteiger partial charge in [0, 0.05) is 49.2 Å². The molecule has 9 heteroatoms. The Labute approximate surface area is 280 Å². The van der Waals surface area contributed by atoms with E-state index in [4.69, 9.17) is 4.74 Å². The molecular weight excluding hydrogens is 595 g/mol. The maximum atomic E-state index is 14.5. The van der Waals surface area contributed by atoms with Crippen LogP contribution in [-0.4, -0.2) is 69.6 Å². The fourth-order valence-electron chi connectivity index (χ4n) is 6.92. The summed E-state index contributed by atoms with van der Waals surface area (Å²) in [6, 6.07) is 6.43. The molecule has 2 fully saturated rings. The number of halogens is 1. The number of allylic oxidation sites excluding steroid dienone is 1. The van der Waals surface area contributed by atoms with E-state index in [-0.39, 0.29) is 29.6 Å². The molecule has 2 aromatic rings. The third-order valence-electron chi connectivity index (χ3n) is 9.53. The number of likely N-dealkylation sites (N-methyl/N-ethyl adjacent to an activating group) is 1. The standard InChI is InChI=1S/C38H53FN4O4/c1-9-33-31(22-26(3)39)32(30-20-14-13-16-25(30)2)24-42(33)23-29-19-15-21-43(29)36(45)34(28-17-11-10-12-18-28)40-35(44)27(4)41(8)37(46)47-38(5,6)7/h9,13-14,16,20,22,24,27-29,34H,1,10-12,15,17-19,21,23H2,2-8H3,(H,40,44)/b26-22+/t27-,29-,34-/m0/s1. The molecule has 0 unspecified atom stereocenters. The van der Waals surface area contributed by atoms with Gasteiger partial charge in [-0.2, -0.15) is 0 Å². The van der Waals surface area contributed by atoms with Gasteiger partial charge in [0.25, 0.3) is 0 Å². The molecule has 8 nitrogen and oxygen atoms in total. The van der Waals surface area contributed by atoms with E-state index in [1.807, 2.05) is 42.3 Å². The molecular formula is C38H53FN4O4. The number of hydrogen-bond acceptors (Lipinski definition) is 4. The maximum Gasteiger partial charge on any atom is 0.410 e. The van der Waals surface area contributed by atoms with Gasteiger partial charge in [-0.1, -0.05) is 50.1 Å². The van der Waals surface area contributed by atoms with Gasteiger partial charge in [-0.3, -0.25) is 14.5 Å². The fraction of sp³-hybridized carbons (Fsp3) is 0.553. The predicted octanol–water partition coefficient (Wildman–Crippen LogP) is 7.75. The van der Waals surface area contributed by atoms with Crippen molar-refractivity contribution in [2.45, 2.75) is 117 Å². The summed E-state index contributed by atoms with van der Waals surface area (Å²) in [6.07, 6.45) is 11.3. The lowest BCUT2D eigenvalue weighted by Gasteiger charge is -2.36. The van der Waals surface area contributed by atoms with Crippen LogP contribution in [0.15, 0.2) is 42.9 Å². The third kappa shape index (κ3) is 8.73. The lowest BCUT2D eigenvalue weighted by Crippen LogP contribution is -2.57. The van der Waals surface area contributed by atoms with Gasteiger partial charge in [0.2, 0.25) is 11.8 Å². The van der Waals surface area contributed by atoms with Crippen LogP contribution in [0.4, 0.5) is 9.18 Å². The molecule has 1 N–H and O–H groups in total. The molecule has 3 amide bonds. The summed E-state index contributed by atoms with van der Waals surface area (Å²) < 4.78 is 21.9. The van der Waals surface area contributed by atoms with Gasteiger partial charge in [-0.25, -0.2) is 9.18 Å². The molecule has 4 rings (SSSR count). The monoisotopic (exact) mass is 648 g/mol. The van der Waals surface area contributed by atoms with Crippen molar-refractivity contribution >= 4 is 30.1 Å². The molecule has 1 aliphatic heterocycles. The first-order valence-corrected chi connectivity index (χ1v) is 17.0. The van der Waals surface area contributed by atoms with Gasteiger partial charge in [-0.05, 0) is 96.4 Å². The minimum absolute atomic E-state index is 0.0210. The quantitative estimate of drug-likeness (QED) is 0.286. The molecule has 1 saturated heterocycles. The summed E-state index contributed by atoms with van der Waals surface area (Å²) in [4.78, 5) is 44.0. The van der Waals surface area contributed by atoms with Crippen LogP contribution in [0.1, 0.15) is 96.4 Å². The zero-order chi connectivity index (χ0) is 34.5. The van der Waals surface area contributed by atoms with E-state index in [0.717, 1.165) is 72.9 Å². The highest BCUT2D eigenvalue weighted by Gasteiger charge is 2.40. The van der Waals surface area contributed by atoms with Gasteiger partial charge < -0.3 is 19.5 Å². The number of carbonyl (C=O) groups excluding carboxylic acids is 3. The molecule has 1 aromatic heterocycles. The Kier molecular flexibility index (Phi) is 11.7. The highest BCUT2D eigenvalue weighted by Crippen LogP contribution is 2.35. The number of aromatic nitrogens is 1. The summed E-state index contributed by atoms with van der Waals surface area (Å²) in [5.41, 5.74) is 3.90. The average molecular weight is 649 g/mol. The van der Waals surface area contributed by atoms with E-state index in [1.54, 1.807) is 46.9 Å². The van der Waals surface area contributed by atoms with Crippen LogP contribution in [0, 0.1) is 12.8 Å². The first-order valence-electron chi connectivity index (χ1n) is 17.0. The average Bonchev–Trinajstić information content (AvgIpc) is 3.62. The Balaban J connectivity index is 1.61. The predicted molar refractivity (Wildman–Crippen MR) is 186 cm³/mol. The normalized spacial score (nSPS) is 18.9. The van der Waals surface area contributed by atoms with Gasteiger partial charge in [0.05, 0.1) is 5.83 Å². The van der Waals surface area contributed by atoms with E-state index in [9.17, 15) is 18.8 Å². The van der Waals surface area contributed by atoms with E-state index < -0.39 is 23.8 Å². The number of ether oxygens (including phenoxy) is 1. The second-order valence-corrected chi connectivity index (χ2v) is 14.2. The minimum Gasteiger partial charge on any atom is -0.444 e. The molecule has 256 valence electrons. The molecule has 0 bridgehead atoms.